The molecule has 0 amide bonds. The Bertz CT molecular complexity index is 1330. The van der Waals surface area contributed by atoms with Crippen LogP contribution in [0.25, 0.3) is 10.9 Å². The molecule has 1 aromatic heterocycles. The maximum atomic E-state index is 15.4. The van der Waals surface area contributed by atoms with Gasteiger partial charge in [0.2, 0.25) is 5.43 Å². The Morgan fingerprint density at radius 1 is 1.24 bits per heavy atom. The molecule has 9 heteroatoms. The van der Waals surface area contributed by atoms with Gasteiger partial charge < -0.3 is 24.4 Å². The normalized spacial score (nSPS) is 19.4. The summed E-state index contributed by atoms with van der Waals surface area (Å²) in [5, 5.41) is 21.2. The van der Waals surface area contributed by atoms with E-state index in [9.17, 15) is 19.8 Å². The first-order valence-corrected chi connectivity index (χ1v) is 11.1. The topological polar surface area (TPSA) is 92.0 Å². The van der Waals surface area contributed by atoms with Crippen LogP contribution in [0.15, 0.2) is 41.3 Å². The van der Waals surface area contributed by atoms with Crippen molar-refractivity contribution in [1.29, 1.82) is 0 Å². The van der Waals surface area contributed by atoms with E-state index < -0.39 is 28.4 Å². The standard InChI is InChI=1S/C24H22ClFN2O5/c1-13-12-33-22-19-16(21(29)17(23(30)31)11-28(13)19)10-18(26)20(22)27-8-6-24(32,7-9-27)14-2-4-15(25)5-3-14/h2-5,10-11,13,32H,6-9,12H2,1H3,(H,30,31). The Morgan fingerprint density at radius 2 is 1.91 bits per heavy atom. The maximum absolute atomic E-state index is 15.4. The number of ether oxygens (including phenoxy) is 1. The van der Waals surface area contributed by atoms with Gasteiger partial charge in [-0.25, -0.2) is 9.18 Å². The van der Waals surface area contributed by atoms with E-state index in [-0.39, 0.29) is 29.5 Å². The van der Waals surface area contributed by atoms with Crippen LogP contribution in [0.3, 0.4) is 0 Å². The fourth-order valence-electron chi connectivity index (χ4n) is 4.81. The van der Waals surface area contributed by atoms with Gasteiger partial charge in [0, 0.05) is 24.3 Å². The predicted molar refractivity (Wildman–Crippen MR) is 122 cm³/mol. The van der Waals surface area contributed by atoms with E-state index in [2.05, 4.69) is 0 Å². The molecule has 1 atom stereocenters. The van der Waals surface area contributed by atoms with Crippen molar-refractivity contribution < 1.29 is 24.1 Å². The number of piperidine rings is 1. The molecule has 2 aliphatic heterocycles. The lowest BCUT2D eigenvalue weighted by Gasteiger charge is -2.41. The molecule has 0 spiro atoms. The van der Waals surface area contributed by atoms with Crippen LogP contribution in [-0.2, 0) is 5.60 Å². The molecule has 33 heavy (non-hydrogen) atoms. The molecular weight excluding hydrogens is 451 g/mol. The number of carboxylic acids is 1. The number of carbonyl (C=O) groups is 1. The van der Waals surface area contributed by atoms with Crippen LogP contribution in [0.2, 0.25) is 5.02 Å². The molecule has 3 heterocycles. The number of benzene rings is 2. The minimum atomic E-state index is -1.35. The summed E-state index contributed by atoms with van der Waals surface area (Å²) in [7, 11) is 0. The van der Waals surface area contributed by atoms with Gasteiger partial charge in [0.1, 0.15) is 17.9 Å². The van der Waals surface area contributed by atoms with Crippen molar-refractivity contribution in [1.82, 2.24) is 4.57 Å². The third kappa shape index (κ3) is 3.45. The number of hydrogen-bond acceptors (Lipinski definition) is 5. The van der Waals surface area contributed by atoms with Crippen molar-refractivity contribution in [3.8, 4) is 5.75 Å². The van der Waals surface area contributed by atoms with Crippen LogP contribution in [0, 0.1) is 5.82 Å². The second kappa shape index (κ2) is 7.74. The molecule has 0 bridgehead atoms. The van der Waals surface area contributed by atoms with Gasteiger partial charge in [-0.15, -0.1) is 0 Å². The predicted octanol–water partition coefficient (Wildman–Crippen LogP) is 3.93. The highest BCUT2D eigenvalue weighted by molar-refractivity contribution is 6.30. The second-order valence-corrected chi connectivity index (χ2v) is 9.14. The lowest BCUT2D eigenvalue weighted by Crippen LogP contribution is -2.43. The molecule has 3 aromatic rings. The van der Waals surface area contributed by atoms with Gasteiger partial charge in [-0.1, -0.05) is 23.7 Å². The largest absolute Gasteiger partial charge is 0.487 e. The molecular formula is C24H22ClFN2O5. The molecule has 1 unspecified atom stereocenters. The Morgan fingerprint density at radius 3 is 2.55 bits per heavy atom. The number of aromatic carboxylic acids is 1. The van der Waals surface area contributed by atoms with Crippen LogP contribution in [0.1, 0.15) is 41.7 Å². The molecule has 172 valence electrons. The van der Waals surface area contributed by atoms with E-state index in [0.29, 0.717) is 36.5 Å². The molecule has 0 radical (unpaired) electrons. The van der Waals surface area contributed by atoms with E-state index in [4.69, 9.17) is 16.3 Å². The van der Waals surface area contributed by atoms with Crippen molar-refractivity contribution >= 4 is 34.2 Å². The van der Waals surface area contributed by atoms with E-state index in [1.165, 1.54) is 6.20 Å². The quantitative estimate of drug-likeness (QED) is 0.600. The van der Waals surface area contributed by atoms with Gasteiger partial charge in [-0.05, 0) is 43.5 Å². The molecule has 0 saturated carbocycles. The number of carboxylic acid groups (broad SMARTS) is 1. The monoisotopic (exact) mass is 472 g/mol. The number of hydrogen-bond donors (Lipinski definition) is 2. The first-order chi connectivity index (χ1) is 15.7. The highest BCUT2D eigenvalue weighted by atomic mass is 35.5. The van der Waals surface area contributed by atoms with Gasteiger partial charge >= 0.3 is 5.97 Å². The van der Waals surface area contributed by atoms with Crippen LogP contribution >= 0.6 is 11.6 Å². The van der Waals surface area contributed by atoms with Crippen molar-refractivity contribution in [3.63, 3.8) is 0 Å². The van der Waals surface area contributed by atoms with Gasteiger partial charge in [-0.2, -0.15) is 0 Å². The molecule has 2 aromatic carbocycles. The Kier molecular flexibility index (Phi) is 5.10. The van der Waals surface area contributed by atoms with E-state index in [0.717, 1.165) is 11.6 Å². The van der Waals surface area contributed by atoms with Crippen molar-refractivity contribution in [2.75, 3.05) is 24.6 Å². The molecule has 0 aliphatic carbocycles. The third-order valence-corrected chi connectivity index (χ3v) is 6.91. The van der Waals surface area contributed by atoms with E-state index in [1.807, 2.05) is 11.8 Å². The highest BCUT2D eigenvalue weighted by Gasteiger charge is 2.37. The van der Waals surface area contributed by atoms with Gasteiger partial charge in [0.25, 0.3) is 0 Å². The lowest BCUT2D eigenvalue weighted by atomic mass is 9.84. The average molecular weight is 473 g/mol. The summed E-state index contributed by atoms with van der Waals surface area (Å²) in [6, 6.07) is 7.92. The summed E-state index contributed by atoms with van der Waals surface area (Å²) >= 11 is 5.96. The Labute approximate surface area is 193 Å². The molecule has 5 rings (SSSR count). The molecule has 2 aliphatic rings. The number of aliphatic hydroxyl groups is 1. The van der Waals surface area contributed by atoms with Gasteiger partial charge in [0.05, 0.1) is 22.5 Å². The summed E-state index contributed by atoms with van der Waals surface area (Å²) in [5.41, 5.74) is -0.830. The molecule has 1 saturated heterocycles. The zero-order chi connectivity index (χ0) is 23.5. The zero-order valence-electron chi connectivity index (χ0n) is 17.8. The number of nitrogens with zero attached hydrogens (tertiary/aromatic N) is 2. The first-order valence-electron chi connectivity index (χ1n) is 10.7. The average Bonchev–Trinajstić information content (AvgIpc) is 2.78. The van der Waals surface area contributed by atoms with E-state index >= 15 is 4.39 Å². The molecule has 7 nitrogen and oxygen atoms in total. The number of aromatic nitrogens is 1. The van der Waals surface area contributed by atoms with Crippen LogP contribution in [0.4, 0.5) is 10.1 Å². The molecule has 2 N–H and O–H groups in total. The Hall–Kier alpha value is -3.10. The van der Waals surface area contributed by atoms with Crippen LogP contribution < -0.4 is 15.1 Å². The number of rotatable bonds is 3. The van der Waals surface area contributed by atoms with Gasteiger partial charge in [-0.3, -0.25) is 4.79 Å². The van der Waals surface area contributed by atoms with Crippen molar-refractivity contribution in [3.05, 3.63) is 68.7 Å². The van der Waals surface area contributed by atoms with Gasteiger partial charge in [0.15, 0.2) is 11.6 Å². The number of anilines is 1. The fourth-order valence-corrected chi connectivity index (χ4v) is 4.93. The third-order valence-electron chi connectivity index (χ3n) is 6.66. The first kappa shape index (κ1) is 21.7. The summed E-state index contributed by atoms with van der Waals surface area (Å²) in [4.78, 5) is 26.1. The minimum absolute atomic E-state index is 0.0209. The van der Waals surface area contributed by atoms with Crippen molar-refractivity contribution in [2.24, 2.45) is 0 Å². The summed E-state index contributed by atoms with van der Waals surface area (Å²) in [5.74, 6) is -1.78. The van der Waals surface area contributed by atoms with Crippen molar-refractivity contribution in [2.45, 2.75) is 31.4 Å². The zero-order valence-corrected chi connectivity index (χ0v) is 18.6. The summed E-state index contributed by atoms with van der Waals surface area (Å²) in [6.07, 6.45) is 2.04. The summed E-state index contributed by atoms with van der Waals surface area (Å²) < 4.78 is 23.0. The number of halogens is 2. The fraction of sp³-hybridized carbons (Fsp3) is 0.333. The van der Waals surface area contributed by atoms with Crippen LogP contribution in [0.5, 0.6) is 5.75 Å². The number of pyridine rings is 1. The smallest absolute Gasteiger partial charge is 0.341 e. The molecule has 1 fully saturated rings. The highest BCUT2D eigenvalue weighted by Crippen LogP contribution is 2.44. The SMILES string of the molecule is CC1COc2c(N3CCC(O)(c4ccc(Cl)cc4)CC3)c(F)cc3c(=O)c(C(=O)O)cn1c23. The summed E-state index contributed by atoms with van der Waals surface area (Å²) in [6.45, 7) is 2.79. The minimum Gasteiger partial charge on any atom is -0.487 e. The lowest BCUT2D eigenvalue weighted by molar-refractivity contribution is 0.0115. The Balaban J connectivity index is 1.57. The van der Waals surface area contributed by atoms with E-state index in [1.54, 1.807) is 28.8 Å². The van der Waals surface area contributed by atoms with Crippen LogP contribution in [-0.4, -0.2) is 40.4 Å². The maximum Gasteiger partial charge on any atom is 0.341 e. The second-order valence-electron chi connectivity index (χ2n) is 8.70.